The lowest BCUT2D eigenvalue weighted by atomic mass is 10.5. The second-order valence-electron chi connectivity index (χ2n) is 3.05. The molecule has 0 aliphatic carbocycles. The molecule has 0 N–H and O–H groups in total. The predicted molar refractivity (Wildman–Crippen MR) is 58.9 cm³/mol. The molecule has 2 amide bonds. The Hall–Kier alpha value is -0.710. The average Bonchev–Trinajstić information content (AvgIpc) is 2.14. The largest absolute Gasteiger partial charge is 0.350 e. The Morgan fingerprint density at radius 1 is 1.06 bits per heavy atom. The molecule has 0 fully saturated rings. The maximum absolute atomic E-state index is 12.0. The summed E-state index contributed by atoms with van der Waals surface area (Å²) in [6, 6.07) is 0. The van der Waals surface area contributed by atoms with Crippen molar-refractivity contribution in [3.63, 3.8) is 0 Å². The first kappa shape index (κ1) is 15.3. The highest BCUT2D eigenvalue weighted by molar-refractivity contribution is 7.53. The van der Waals surface area contributed by atoms with Crippen molar-refractivity contribution in [3.8, 4) is 0 Å². The molecule has 16 heavy (non-hydrogen) atoms. The van der Waals surface area contributed by atoms with Gasteiger partial charge in [-0.25, -0.2) is 0 Å². The van der Waals surface area contributed by atoms with Crippen LogP contribution < -0.4 is 0 Å². The van der Waals surface area contributed by atoms with E-state index >= 15 is 0 Å². The molecule has 0 unspecified atom stereocenters. The van der Waals surface area contributed by atoms with Crippen molar-refractivity contribution in [2.75, 3.05) is 19.5 Å². The van der Waals surface area contributed by atoms with Crippen molar-refractivity contribution in [3.05, 3.63) is 0 Å². The second kappa shape index (κ2) is 6.78. The van der Waals surface area contributed by atoms with Gasteiger partial charge in [0.15, 0.2) is 0 Å². The van der Waals surface area contributed by atoms with Gasteiger partial charge in [-0.15, -0.1) is 0 Å². The van der Waals surface area contributed by atoms with Crippen molar-refractivity contribution >= 4 is 19.4 Å². The van der Waals surface area contributed by atoms with Crippen LogP contribution in [-0.4, -0.2) is 36.2 Å². The molecule has 0 saturated carbocycles. The van der Waals surface area contributed by atoms with Crippen molar-refractivity contribution in [1.29, 1.82) is 0 Å². The van der Waals surface area contributed by atoms with E-state index in [1.165, 1.54) is 13.8 Å². The third-order valence-corrected chi connectivity index (χ3v) is 3.66. The van der Waals surface area contributed by atoms with Gasteiger partial charge in [-0.05, 0) is 13.8 Å². The summed E-state index contributed by atoms with van der Waals surface area (Å²) in [5, 5.41) is 0. The summed E-state index contributed by atoms with van der Waals surface area (Å²) in [6.45, 7) is 6.17. The van der Waals surface area contributed by atoms with E-state index in [-0.39, 0.29) is 19.5 Å². The molecule has 0 atom stereocenters. The van der Waals surface area contributed by atoms with Gasteiger partial charge in [0.05, 0.1) is 13.2 Å². The van der Waals surface area contributed by atoms with E-state index in [1.54, 1.807) is 13.8 Å². The van der Waals surface area contributed by atoms with E-state index in [9.17, 15) is 14.2 Å². The minimum absolute atomic E-state index is 0.195. The van der Waals surface area contributed by atoms with E-state index < -0.39 is 19.4 Å². The Morgan fingerprint density at radius 2 is 1.44 bits per heavy atom. The number of carbonyl (C=O) groups is 2. The molecule has 0 rings (SSSR count). The smallest absolute Gasteiger partial charge is 0.308 e. The zero-order valence-electron chi connectivity index (χ0n) is 10.1. The maximum atomic E-state index is 12.0. The van der Waals surface area contributed by atoms with E-state index in [2.05, 4.69) is 0 Å². The molecule has 6 nitrogen and oxygen atoms in total. The first-order valence-electron chi connectivity index (χ1n) is 5.03. The van der Waals surface area contributed by atoms with Gasteiger partial charge in [-0.3, -0.25) is 19.1 Å². The van der Waals surface area contributed by atoms with E-state index in [0.29, 0.717) is 0 Å². The van der Waals surface area contributed by atoms with Crippen LogP contribution in [0.15, 0.2) is 0 Å². The first-order chi connectivity index (χ1) is 7.36. The average molecular weight is 251 g/mol. The molecule has 0 aliphatic rings. The fourth-order valence-corrected chi connectivity index (χ4v) is 2.88. The Morgan fingerprint density at radius 3 is 1.69 bits per heavy atom. The topological polar surface area (TPSA) is 72.9 Å². The van der Waals surface area contributed by atoms with Gasteiger partial charge in [0.2, 0.25) is 11.8 Å². The molecule has 0 aromatic rings. The maximum Gasteiger partial charge on any atom is 0.350 e. The van der Waals surface area contributed by atoms with Gasteiger partial charge in [0, 0.05) is 13.8 Å². The fraction of sp³-hybridized carbons (Fsp3) is 0.778. The quantitative estimate of drug-likeness (QED) is 0.670. The monoisotopic (exact) mass is 251 g/mol. The molecular formula is C9H18NO5P. The van der Waals surface area contributed by atoms with E-state index in [1.807, 2.05) is 0 Å². The summed E-state index contributed by atoms with van der Waals surface area (Å²) in [7, 11) is -3.40. The van der Waals surface area contributed by atoms with Crippen molar-refractivity contribution < 1.29 is 23.2 Å². The summed E-state index contributed by atoms with van der Waals surface area (Å²) < 4.78 is 22.0. The third-order valence-electron chi connectivity index (χ3n) is 1.73. The van der Waals surface area contributed by atoms with Crippen LogP contribution in [0, 0.1) is 0 Å². The van der Waals surface area contributed by atoms with Gasteiger partial charge < -0.3 is 9.05 Å². The summed E-state index contributed by atoms with van der Waals surface area (Å²) in [5.74, 6) is -0.959. The number of imide groups is 1. The fourth-order valence-electron chi connectivity index (χ4n) is 1.11. The van der Waals surface area contributed by atoms with Crippen LogP contribution in [0.2, 0.25) is 0 Å². The molecule has 0 saturated heterocycles. The number of hydrogen-bond acceptors (Lipinski definition) is 5. The van der Waals surface area contributed by atoms with Crippen LogP contribution in [0.4, 0.5) is 0 Å². The van der Waals surface area contributed by atoms with Gasteiger partial charge in [0.25, 0.3) is 0 Å². The zero-order valence-corrected chi connectivity index (χ0v) is 11.0. The molecule has 7 heteroatoms. The molecular weight excluding hydrogens is 233 g/mol. The predicted octanol–water partition coefficient (Wildman–Crippen LogP) is 1.60. The molecule has 0 aliphatic heterocycles. The van der Waals surface area contributed by atoms with E-state index in [0.717, 1.165) is 4.90 Å². The molecule has 0 radical (unpaired) electrons. The molecule has 0 aromatic carbocycles. The summed E-state index contributed by atoms with van der Waals surface area (Å²) in [4.78, 5) is 23.1. The lowest BCUT2D eigenvalue weighted by molar-refractivity contribution is -0.141. The van der Waals surface area contributed by atoms with Crippen molar-refractivity contribution in [2.24, 2.45) is 0 Å². The number of rotatable bonds is 6. The van der Waals surface area contributed by atoms with Crippen LogP contribution >= 0.6 is 7.60 Å². The van der Waals surface area contributed by atoms with Crippen LogP contribution in [0.1, 0.15) is 27.7 Å². The number of hydrogen-bond donors (Lipinski definition) is 0. The highest BCUT2D eigenvalue weighted by Gasteiger charge is 2.30. The van der Waals surface area contributed by atoms with Gasteiger partial charge >= 0.3 is 7.60 Å². The first-order valence-corrected chi connectivity index (χ1v) is 6.76. The summed E-state index contributed by atoms with van der Waals surface area (Å²) >= 11 is 0. The second-order valence-corrected chi connectivity index (χ2v) is 5.07. The van der Waals surface area contributed by atoms with Crippen LogP contribution in [0.5, 0.6) is 0 Å². The van der Waals surface area contributed by atoms with E-state index in [4.69, 9.17) is 9.05 Å². The molecule has 0 aromatic heterocycles. The Labute approximate surface area is 95.4 Å². The zero-order chi connectivity index (χ0) is 12.8. The Bertz CT molecular complexity index is 280. The van der Waals surface area contributed by atoms with Crippen LogP contribution in [0.25, 0.3) is 0 Å². The van der Waals surface area contributed by atoms with Crippen LogP contribution in [-0.2, 0) is 23.2 Å². The van der Waals surface area contributed by atoms with Crippen molar-refractivity contribution in [1.82, 2.24) is 4.90 Å². The highest BCUT2D eigenvalue weighted by atomic mass is 31.2. The van der Waals surface area contributed by atoms with Gasteiger partial charge in [-0.1, -0.05) is 0 Å². The van der Waals surface area contributed by atoms with Gasteiger partial charge in [0.1, 0.15) is 6.29 Å². The lowest BCUT2D eigenvalue weighted by Gasteiger charge is -2.23. The van der Waals surface area contributed by atoms with Gasteiger partial charge in [-0.2, -0.15) is 0 Å². The highest BCUT2D eigenvalue weighted by Crippen LogP contribution is 2.48. The molecule has 0 heterocycles. The Balaban J connectivity index is 4.77. The molecule has 94 valence electrons. The standard InChI is InChI=1S/C9H18NO5P/c1-5-14-16(13,15-6-2)7-10(8(3)11)9(4)12/h5-7H2,1-4H3. The lowest BCUT2D eigenvalue weighted by Crippen LogP contribution is -2.34. The van der Waals surface area contributed by atoms with Crippen LogP contribution in [0.3, 0.4) is 0 Å². The normalized spacial score (nSPS) is 11.2. The van der Waals surface area contributed by atoms with Crippen molar-refractivity contribution in [2.45, 2.75) is 27.7 Å². The minimum atomic E-state index is -3.40. The Kier molecular flexibility index (Phi) is 6.48. The number of nitrogens with zero attached hydrogens (tertiary/aromatic N) is 1. The molecule has 0 bridgehead atoms. The minimum Gasteiger partial charge on any atom is -0.308 e. The molecule has 0 spiro atoms. The number of carbonyl (C=O) groups excluding carboxylic acids is 2. The number of amides is 2. The summed E-state index contributed by atoms with van der Waals surface area (Å²) in [5.41, 5.74) is 0. The SMILES string of the molecule is CCOP(=O)(CN(C(C)=O)C(C)=O)OCC. The summed E-state index contributed by atoms with van der Waals surface area (Å²) in [6.07, 6.45) is -0.334. The third kappa shape index (κ3) is 4.88.